The number of hydrogen-bond donors (Lipinski definition) is 1. The van der Waals surface area contributed by atoms with Crippen molar-refractivity contribution in [1.29, 1.82) is 0 Å². The van der Waals surface area contributed by atoms with Crippen molar-refractivity contribution in [1.82, 2.24) is 14.5 Å². The van der Waals surface area contributed by atoms with Crippen LogP contribution in [-0.4, -0.2) is 74.9 Å². The molecule has 2 heterocycles. The van der Waals surface area contributed by atoms with Gasteiger partial charge in [0.05, 0.1) is 6.26 Å². The number of aldehydes is 1. The molecular weight excluding hydrogens is 366 g/mol. The maximum Gasteiger partial charge on any atom is 0.246 e. The van der Waals surface area contributed by atoms with Crippen molar-refractivity contribution in [2.45, 2.75) is 57.5 Å². The van der Waals surface area contributed by atoms with Crippen molar-refractivity contribution >= 4 is 22.2 Å². The maximum absolute atomic E-state index is 12.7. The molecule has 2 fully saturated rings. The molecule has 3 atom stereocenters. The van der Waals surface area contributed by atoms with Gasteiger partial charge in [0.25, 0.3) is 0 Å². The van der Waals surface area contributed by atoms with Crippen molar-refractivity contribution < 1.29 is 18.0 Å². The minimum absolute atomic E-state index is 0.0758. The molecule has 0 aromatic carbocycles. The lowest BCUT2D eigenvalue weighted by Crippen LogP contribution is -2.47. The minimum Gasteiger partial charge on any atom is -0.335 e. The molecule has 0 bridgehead atoms. The molecule has 8 heteroatoms. The monoisotopic (exact) mass is 399 g/mol. The van der Waals surface area contributed by atoms with E-state index in [1.807, 2.05) is 13.0 Å². The number of nitrogens with zero attached hydrogens (tertiary/aromatic N) is 2. The van der Waals surface area contributed by atoms with Gasteiger partial charge in [-0.1, -0.05) is 19.4 Å². The molecule has 0 aromatic heterocycles. The summed E-state index contributed by atoms with van der Waals surface area (Å²) in [5, 5.41) is 0. The Morgan fingerprint density at radius 3 is 2.56 bits per heavy atom. The van der Waals surface area contributed by atoms with Crippen LogP contribution in [0.3, 0.4) is 0 Å². The number of hydrogen-bond acceptors (Lipinski definition) is 5. The number of nitrogens with one attached hydrogen (secondary N) is 1. The smallest absolute Gasteiger partial charge is 0.246 e. The number of amides is 1. The van der Waals surface area contributed by atoms with E-state index >= 15 is 0 Å². The molecule has 0 radical (unpaired) electrons. The maximum atomic E-state index is 12.7. The van der Waals surface area contributed by atoms with Crippen LogP contribution in [0.4, 0.5) is 0 Å². The van der Waals surface area contributed by atoms with E-state index in [0.29, 0.717) is 25.8 Å². The first-order chi connectivity index (χ1) is 12.8. The fourth-order valence-electron chi connectivity index (χ4n) is 4.04. The van der Waals surface area contributed by atoms with Crippen molar-refractivity contribution in [3.8, 4) is 0 Å². The molecule has 7 nitrogen and oxygen atoms in total. The summed E-state index contributed by atoms with van der Waals surface area (Å²) in [6.45, 7) is 5.41. The summed E-state index contributed by atoms with van der Waals surface area (Å²) in [5.41, 5.74) is 0. The zero-order chi connectivity index (χ0) is 19.9. The van der Waals surface area contributed by atoms with E-state index in [1.165, 1.54) is 19.3 Å². The van der Waals surface area contributed by atoms with Crippen LogP contribution in [0.1, 0.15) is 45.4 Å². The number of carbonyl (C=O) groups is 2. The average molecular weight is 400 g/mol. The molecule has 2 unspecified atom stereocenters. The van der Waals surface area contributed by atoms with Gasteiger partial charge < -0.3 is 9.69 Å². The van der Waals surface area contributed by atoms with Gasteiger partial charge in [-0.05, 0) is 44.7 Å². The van der Waals surface area contributed by atoms with Gasteiger partial charge in [-0.3, -0.25) is 9.69 Å². The van der Waals surface area contributed by atoms with E-state index in [1.54, 1.807) is 11.0 Å². The lowest BCUT2D eigenvalue weighted by molar-refractivity contribution is -0.127. The summed E-state index contributed by atoms with van der Waals surface area (Å²) >= 11 is 0. The third kappa shape index (κ3) is 7.35. The predicted molar refractivity (Wildman–Crippen MR) is 106 cm³/mol. The third-order valence-electron chi connectivity index (χ3n) is 5.41. The van der Waals surface area contributed by atoms with Crippen LogP contribution >= 0.6 is 0 Å². The van der Waals surface area contributed by atoms with Crippen LogP contribution in [0.25, 0.3) is 0 Å². The highest BCUT2D eigenvalue weighted by Crippen LogP contribution is 2.26. The molecule has 27 heavy (non-hydrogen) atoms. The Morgan fingerprint density at radius 1 is 1.22 bits per heavy atom. The van der Waals surface area contributed by atoms with Gasteiger partial charge in [-0.25, -0.2) is 13.1 Å². The quantitative estimate of drug-likeness (QED) is 0.464. The second-order valence-electron chi connectivity index (χ2n) is 7.89. The minimum atomic E-state index is -3.35. The SMILES string of the molecule is C[C@@H](CC=O)CC1C(NS(C)(=O)=O)CCN1C(=O)C=CCN1CCCCC1. The molecule has 2 rings (SSSR count). The van der Waals surface area contributed by atoms with Crippen molar-refractivity contribution in [3.63, 3.8) is 0 Å². The first-order valence-corrected chi connectivity index (χ1v) is 11.8. The van der Waals surface area contributed by atoms with Gasteiger partial charge in [0.15, 0.2) is 0 Å². The van der Waals surface area contributed by atoms with Crippen molar-refractivity contribution in [2.24, 2.45) is 5.92 Å². The van der Waals surface area contributed by atoms with E-state index in [9.17, 15) is 18.0 Å². The van der Waals surface area contributed by atoms with Gasteiger partial charge in [-0.15, -0.1) is 0 Å². The summed E-state index contributed by atoms with van der Waals surface area (Å²) in [5.74, 6) is 0.0233. The summed E-state index contributed by atoms with van der Waals surface area (Å²) < 4.78 is 26.0. The van der Waals surface area contributed by atoms with Crippen LogP contribution in [0, 0.1) is 5.92 Å². The number of likely N-dealkylation sites (tertiary alicyclic amines) is 2. The van der Waals surface area contributed by atoms with Gasteiger partial charge in [0.1, 0.15) is 6.29 Å². The molecule has 154 valence electrons. The summed E-state index contributed by atoms with van der Waals surface area (Å²) in [4.78, 5) is 27.6. The Morgan fingerprint density at radius 2 is 1.93 bits per heavy atom. The second-order valence-corrected chi connectivity index (χ2v) is 9.67. The van der Waals surface area contributed by atoms with Gasteiger partial charge in [0, 0.05) is 37.7 Å². The molecule has 2 aliphatic heterocycles. The van der Waals surface area contributed by atoms with Crippen molar-refractivity contribution in [3.05, 3.63) is 12.2 Å². The number of piperidine rings is 1. The highest BCUT2D eigenvalue weighted by molar-refractivity contribution is 7.88. The highest BCUT2D eigenvalue weighted by Gasteiger charge is 2.38. The average Bonchev–Trinajstić information content (AvgIpc) is 2.96. The van der Waals surface area contributed by atoms with Crippen LogP contribution < -0.4 is 4.72 Å². The standard InChI is InChI=1S/C19H33N3O4S/c1-16(9-14-23)15-18-17(20-27(2,25)26)8-13-22(18)19(24)7-6-12-21-10-4-3-5-11-21/h6-7,14,16-18,20H,3-5,8-13,15H2,1-2H3/t16-,17?,18?/m0/s1. The zero-order valence-electron chi connectivity index (χ0n) is 16.5. The topological polar surface area (TPSA) is 86.8 Å². The summed E-state index contributed by atoms with van der Waals surface area (Å²) in [7, 11) is -3.35. The number of rotatable bonds is 9. The molecular formula is C19H33N3O4S. The van der Waals surface area contributed by atoms with Crippen LogP contribution in [-0.2, 0) is 19.6 Å². The van der Waals surface area contributed by atoms with Crippen LogP contribution in [0.15, 0.2) is 12.2 Å². The fourth-order valence-corrected chi connectivity index (χ4v) is 4.87. The van der Waals surface area contributed by atoms with Crippen molar-refractivity contribution in [2.75, 3.05) is 32.4 Å². The second kappa shape index (κ2) is 10.3. The largest absolute Gasteiger partial charge is 0.335 e. The van der Waals surface area contributed by atoms with Gasteiger partial charge >= 0.3 is 0 Å². The molecule has 0 saturated carbocycles. The van der Waals surface area contributed by atoms with Crippen LogP contribution in [0.5, 0.6) is 0 Å². The normalized spacial score (nSPS) is 25.8. The van der Waals surface area contributed by atoms with E-state index in [0.717, 1.165) is 32.2 Å². The van der Waals surface area contributed by atoms with E-state index in [-0.39, 0.29) is 23.9 Å². The van der Waals surface area contributed by atoms with E-state index in [4.69, 9.17) is 0 Å². The molecule has 2 aliphatic rings. The molecule has 0 aromatic rings. The Labute approximate surface area is 163 Å². The van der Waals surface area contributed by atoms with Gasteiger partial charge in [-0.2, -0.15) is 0 Å². The number of carbonyl (C=O) groups excluding carboxylic acids is 2. The van der Waals surface area contributed by atoms with E-state index < -0.39 is 10.0 Å². The lowest BCUT2D eigenvalue weighted by Gasteiger charge is -2.29. The Balaban J connectivity index is 2.00. The Bertz CT molecular complexity index is 629. The molecule has 1 N–H and O–H groups in total. The first kappa shape index (κ1) is 22.0. The Kier molecular flexibility index (Phi) is 8.44. The zero-order valence-corrected chi connectivity index (χ0v) is 17.3. The summed E-state index contributed by atoms with van der Waals surface area (Å²) in [6, 6.07) is -0.518. The lowest BCUT2D eigenvalue weighted by atomic mass is 9.95. The predicted octanol–water partition coefficient (Wildman–Crippen LogP) is 1.16. The fraction of sp³-hybridized carbons (Fsp3) is 0.789. The molecule has 1 amide bonds. The van der Waals surface area contributed by atoms with E-state index in [2.05, 4.69) is 9.62 Å². The number of sulfonamides is 1. The Hall–Kier alpha value is -1.25. The molecule has 0 spiro atoms. The first-order valence-electron chi connectivity index (χ1n) is 9.90. The highest BCUT2D eigenvalue weighted by atomic mass is 32.2. The molecule has 2 saturated heterocycles. The molecule has 0 aliphatic carbocycles. The third-order valence-corrected chi connectivity index (χ3v) is 6.14. The summed E-state index contributed by atoms with van der Waals surface area (Å²) in [6.07, 6.45) is 10.9. The van der Waals surface area contributed by atoms with Gasteiger partial charge in [0.2, 0.25) is 15.9 Å². The van der Waals surface area contributed by atoms with Crippen LogP contribution in [0.2, 0.25) is 0 Å².